The van der Waals surface area contributed by atoms with E-state index in [0.29, 0.717) is 27.1 Å². The van der Waals surface area contributed by atoms with E-state index in [4.69, 9.17) is 28.9 Å². The molecule has 0 unspecified atom stereocenters. The molecule has 1 heterocycles. The van der Waals surface area contributed by atoms with Gasteiger partial charge in [-0.15, -0.1) is 0 Å². The minimum Gasteiger partial charge on any atom is -0.385 e. The summed E-state index contributed by atoms with van der Waals surface area (Å²) in [7, 11) is 0. The number of halogens is 2. The van der Waals surface area contributed by atoms with Gasteiger partial charge in [0.05, 0.1) is 22.2 Å². The molecule has 0 spiro atoms. The number of anilines is 1. The number of hydrazone groups is 1. The smallest absolute Gasteiger partial charge is 0.255 e. The normalized spacial score (nSPS) is 15.6. The lowest BCUT2D eigenvalue weighted by Gasteiger charge is -2.15. The first-order valence-corrected chi connectivity index (χ1v) is 5.37. The van der Waals surface area contributed by atoms with Gasteiger partial charge in [0.15, 0.2) is 0 Å². The maximum Gasteiger partial charge on any atom is 0.255 e. The number of benzene rings is 1. The van der Waals surface area contributed by atoms with Gasteiger partial charge in [-0.1, -0.05) is 23.2 Å². The number of amidine groups is 1. The van der Waals surface area contributed by atoms with E-state index in [-0.39, 0.29) is 12.3 Å². The van der Waals surface area contributed by atoms with Crippen LogP contribution in [0.2, 0.25) is 10.0 Å². The van der Waals surface area contributed by atoms with Crippen LogP contribution in [0.15, 0.2) is 17.2 Å². The van der Waals surface area contributed by atoms with Crippen molar-refractivity contribution in [2.24, 2.45) is 10.8 Å². The highest BCUT2D eigenvalue weighted by molar-refractivity contribution is 6.42. The first-order valence-electron chi connectivity index (χ1n) is 4.61. The molecule has 1 aromatic carbocycles. The van der Waals surface area contributed by atoms with Crippen molar-refractivity contribution in [2.75, 3.05) is 5.01 Å². The molecule has 6 heteroatoms. The number of hydrogen-bond acceptors (Lipinski definition) is 3. The Morgan fingerprint density at radius 2 is 2.12 bits per heavy atom. The zero-order chi connectivity index (χ0) is 11.9. The van der Waals surface area contributed by atoms with Crippen molar-refractivity contribution in [3.63, 3.8) is 0 Å². The van der Waals surface area contributed by atoms with Gasteiger partial charge in [0.2, 0.25) is 0 Å². The van der Waals surface area contributed by atoms with Gasteiger partial charge in [-0.2, -0.15) is 10.1 Å². The van der Waals surface area contributed by atoms with Crippen molar-refractivity contribution in [3.8, 4) is 0 Å². The van der Waals surface area contributed by atoms with Gasteiger partial charge in [0, 0.05) is 0 Å². The summed E-state index contributed by atoms with van der Waals surface area (Å²) in [6, 6.07) is 3.33. The molecule has 1 aliphatic rings. The van der Waals surface area contributed by atoms with Crippen molar-refractivity contribution in [1.82, 2.24) is 0 Å². The highest BCUT2D eigenvalue weighted by Crippen LogP contribution is 2.34. The van der Waals surface area contributed by atoms with Crippen LogP contribution in [0.1, 0.15) is 12.0 Å². The maximum absolute atomic E-state index is 11.6. The summed E-state index contributed by atoms with van der Waals surface area (Å²) >= 11 is 11.9. The highest BCUT2D eigenvalue weighted by atomic mass is 35.5. The predicted octanol–water partition coefficient (Wildman–Crippen LogP) is 2.31. The number of amides is 1. The van der Waals surface area contributed by atoms with Gasteiger partial charge in [0.25, 0.3) is 5.91 Å². The zero-order valence-corrected chi connectivity index (χ0v) is 10.0. The van der Waals surface area contributed by atoms with E-state index in [1.54, 1.807) is 19.1 Å². The number of carbonyl (C=O) groups is 1. The third-order valence-electron chi connectivity index (χ3n) is 2.34. The molecule has 84 valence electrons. The molecule has 1 aromatic rings. The SMILES string of the molecule is Cc1c(N2N=C(N)CC2=O)ccc(Cl)c1Cl. The third-order valence-corrected chi connectivity index (χ3v) is 3.23. The van der Waals surface area contributed by atoms with Crippen LogP contribution in [-0.2, 0) is 4.79 Å². The molecule has 0 saturated carbocycles. The molecule has 0 aliphatic carbocycles. The molecule has 2 N–H and O–H groups in total. The molecule has 1 amide bonds. The lowest BCUT2D eigenvalue weighted by Crippen LogP contribution is -2.20. The second-order valence-electron chi connectivity index (χ2n) is 3.48. The second kappa shape index (κ2) is 3.96. The molecular formula is C10H9Cl2N3O. The minimum absolute atomic E-state index is 0.139. The van der Waals surface area contributed by atoms with Crippen LogP contribution in [0.3, 0.4) is 0 Å². The predicted molar refractivity (Wildman–Crippen MR) is 64.9 cm³/mol. The Morgan fingerprint density at radius 1 is 1.44 bits per heavy atom. The van der Waals surface area contributed by atoms with Gasteiger partial charge in [-0.05, 0) is 24.6 Å². The quantitative estimate of drug-likeness (QED) is 0.840. The Labute approximate surface area is 103 Å². The van der Waals surface area contributed by atoms with Gasteiger partial charge >= 0.3 is 0 Å². The summed E-state index contributed by atoms with van der Waals surface area (Å²) < 4.78 is 0. The average molecular weight is 258 g/mol. The third kappa shape index (κ3) is 1.74. The van der Waals surface area contributed by atoms with Crippen LogP contribution < -0.4 is 10.7 Å². The molecule has 16 heavy (non-hydrogen) atoms. The highest BCUT2D eigenvalue weighted by Gasteiger charge is 2.25. The lowest BCUT2D eigenvalue weighted by molar-refractivity contribution is -0.116. The van der Waals surface area contributed by atoms with Crippen LogP contribution in [-0.4, -0.2) is 11.7 Å². The number of hydrogen-bond donors (Lipinski definition) is 1. The maximum atomic E-state index is 11.6. The number of nitrogens with zero attached hydrogens (tertiary/aromatic N) is 2. The van der Waals surface area contributed by atoms with Crippen LogP contribution in [0.4, 0.5) is 5.69 Å². The molecule has 0 aromatic heterocycles. The summed E-state index contributed by atoms with van der Waals surface area (Å²) in [5.41, 5.74) is 6.82. The standard InChI is InChI=1S/C10H9Cl2N3O/c1-5-7(3-2-6(11)10(5)12)15-9(16)4-8(13)14-15/h2-3H,4H2,1H3,(H2,13,14). The van der Waals surface area contributed by atoms with E-state index in [1.165, 1.54) is 5.01 Å². The van der Waals surface area contributed by atoms with Crippen LogP contribution >= 0.6 is 23.2 Å². The summed E-state index contributed by atoms with van der Waals surface area (Å²) in [6.07, 6.45) is 0.139. The van der Waals surface area contributed by atoms with Crippen molar-refractivity contribution >= 4 is 40.6 Å². The Morgan fingerprint density at radius 3 is 2.69 bits per heavy atom. The van der Waals surface area contributed by atoms with Gasteiger partial charge in [-0.25, -0.2) is 0 Å². The lowest BCUT2D eigenvalue weighted by atomic mass is 10.2. The fraction of sp³-hybridized carbons (Fsp3) is 0.200. The van der Waals surface area contributed by atoms with E-state index < -0.39 is 0 Å². The molecule has 0 atom stereocenters. The number of rotatable bonds is 1. The molecule has 0 fully saturated rings. The number of carbonyl (C=O) groups excluding carboxylic acids is 1. The molecule has 0 saturated heterocycles. The van der Waals surface area contributed by atoms with E-state index in [0.717, 1.165) is 0 Å². The Balaban J connectivity index is 2.50. The van der Waals surface area contributed by atoms with E-state index in [2.05, 4.69) is 5.10 Å². The van der Waals surface area contributed by atoms with Crippen LogP contribution in [0.25, 0.3) is 0 Å². The fourth-order valence-corrected chi connectivity index (χ4v) is 1.87. The van der Waals surface area contributed by atoms with Gasteiger partial charge in [-0.3, -0.25) is 4.79 Å². The monoisotopic (exact) mass is 257 g/mol. The van der Waals surface area contributed by atoms with Crippen molar-refractivity contribution in [2.45, 2.75) is 13.3 Å². The van der Waals surface area contributed by atoms with E-state index >= 15 is 0 Å². The number of nitrogens with two attached hydrogens (primary N) is 1. The molecule has 2 rings (SSSR count). The zero-order valence-electron chi connectivity index (χ0n) is 8.50. The minimum atomic E-state index is -0.168. The van der Waals surface area contributed by atoms with Crippen molar-refractivity contribution in [3.05, 3.63) is 27.7 Å². The first-order chi connectivity index (χ1) is 7.50. The second-order valence-corrected chi connectivity index (χ2v) is 4.26. The molecule has 1 aliphatic heterocycles. The topological polar surface area (TPSA) is 58.7 Å². The summed E-state index contributed by atoms with van der Waals surface area (Å²) in [5.74, 6) is 0.134. The first kappa shape index (κ1) is 11.2. The molecule has 4 nitrogen and oxygen atoms in total. The van der Waals surface area contributed by atoms with Crippen LogP contribution in [0.5, 0.6) is 0 Å². The van der Waals surface area contributed by atoms with Gasteiger partial charge < -0.3 is 5.73 Å². The average Bonchev–Trinajstić information content (AvgIpc) is 2.55. The molecular weight excluding hydrogens is 249 g/mol. The summed E-state index contributed by atoms with van der Waals surface area (Å²) in [5, 5.41) is 6.08. The largest absolute Gasteiger partial charge is 0.385 e. The van der Waals surface area contributed by atoms with Crippen molar-refractivity contribution in [1.29, 1.82) is 0 Å². The fourth-order valence-electron chi connectivity index (χ4n) is 1.51. The summed E-state index contributed by atoms with van der Waals surface area (Å²) in [6.45, 7) is 1.78. The summed E-state index contributed by atoms with van der Waals surface area (Å²) in [4.78, 5) is 11.6. The molecule has 0 radical (unpaired) electrons. The van der Waals surface area contributed by atoms with E-state index in [1.807, 2.05) is 0 Å². The van der Waals surface area contributed by atoms with Gasteiger partial charge in [0.1, 0.15) is 5.84 Å². The Kier molecular flexibility index (Phi) is 2.78. The Bertz CT molecular complexity index is 499. The molecule has 0 bridgehead atoms. The van der Waals surface area contributed by atoms with Crippen LogP contribution in [0, 0.1) is 6.92 Å². The Hall–Kier alpha value is -1.26. The van der Waals surface area contributed by atoms with Crippen molar-refractivity contribution < 1.29 is 4.79 Å². The van der Waals surface area contributed by atoms with E-state index in [9.17, 15) is 4.79 Å².